The normalized spacial score (nSPS) is 10.1. The Hall–Kier alpha value is -3.35. The minimum atomic E-state index is -0.817. The standard InChI is InChI=1S/C18H20N4O3/c19-18(20)22-15-8-6-14(7-9-15)17(25)21-11-13-3-1-12(2-4-13)5-10-16(23)24/h1-4,6-9H,5,10-11H2,(H,21,25)(H,23,24)(H4,19,20,22). The summed E-state index contributed by atoms with van der Waals surface area (Å²) in [5.74, 6) is -1.06. The molecule has 25 heavy (non-hydrogen) atoms. The molecule has 0 bridgehead atoms. The Bertz CT molecular complexity index is 764. The number of carboxylic acids is 1. The van der Waals surface area contributed by atoms with Gasteiger partial charge < -0.3 is 21.9 Å². The summed E-state index contributed by atoms with van der Waals surface area (Å²) in [4.78, 5) is 26.6. The van der Waals surface area contributed by atoms with Crippen LogP contribution in [0.15, 0.2) is 53.5 Å². The van der Waals surface area contributed by atoms with Crippen LogP contribution in [0.2, 0.25) is 0 Å². The van der Waals surface area contributed by atoms with Gasteiger partial charge in [0, 0.05) is 18.5 Å². The number of hydrogen-bond acceptors (Lipinski definition) is 3. The summed E-state index contributed by atoms with van der Waals surface area (Å²) in [5.41, 5.74) is 13.6. The molecule has 2 aromatic carbocycles. The van der Waals surface area contributed by atoms with E-state index < -0.39 is 5.97 Å². The highest BCUT2D eigenvalue weighted by Crippen LogP contribution is 2.13. The number of carbonyl (C=O) groups is 2. The lowest BCUT2D eigenvalue weighted by Gasteiger charge is -2.07. The van der Waals surface area contributed by atoms with Gasteiger partial charge in [0.2, 0.25) is 0 Å². The molecule has 6 N–H and O–H groups in total. The number of carboxylic acid groups (broad SMARTS) is 1. The van der Waals surface area contributed by atoms with Gasteiger partial charge in [-0.3, -0.25) is 9.59 Å². The van der Waals surface area contributed by atoms with E-state index in [9.17, 15) is 9.59 Å². The van der Waals surface area contributed by atoms with Gasteiger partial charge in [-0.15, -0.1) is 0 Å². The van der Waals surface area contributed by atoms with Crippen LogP contribution in [0.1, 0.15) is 27.9 Å². The molecule has 0 atom stereocenters. The molecule has 0 radical (unpaired) electrons. The molecule has 0 heterocycles. The number of nitrogens with two attached hydrogens (primary N) is 2. The summed E-state index contributed by atoms with van der Waals surface area (Å²) < 4.78 is 0. The number of nitrogens with one attached hydrogen (secondary N) is 1. The summed E-state index contributed by atoms with van der Waals surface area (Å²) in [6.45, 7) is 0.383. The van der Waals surface area contributed by atoms with E-state index in [0.29, 0.717) is 24.2 Å². The van der Waals surface area contributed by atoms with E-state index in [-0.39, 0.29) is 18.3 Å². The average Bonchev–Trinajstić information content (AvgIpc) is 2.59. The summed E-state index contributed by atoms with van der Waals surface area (Å²) in [7, 11) is 0. The third-order valence-electron chi connectivity index (χ3n) is 3.49. The van der Waals surface area contributed by atoms with E-state index >= 15 is 0 Å². The molecule has 0 aromatic heterocycles. The molecule has 0 unspecified atom stereocenters. The van der Waals surface area contributed by atoms with Gasteiger partial charge in [0.1, 0.15) is 0 Å². The second-order valence-corrected chi connectivity index (χ2v) is 5.48. The molecule has 1 amide bonds. The van der Waals surface area contributed by atoms with Gasteiger partial charge in [0.25, 0.3) is 5.91 Å². The second-order valence-electron chi connectivity index (χ2n) is 5.48. The molecule has 0 aliphatic carbocycles. The molecule has 0 aliphatic rings. The number of carbonyl (C=O) groups excluding carboxylic acids is 1. The Morgan fingerprint density at radius 3 is 2.12 bits per heavy atom. The highest BCUT2D eigenvalue weighted by atomic mass is 16.4. The van der Waals surface area contributed by atoms with E-state index in [2.05, 4.69) is 10.3 Å². The molecule has 7 heteroatoms. The fourth-order valence-corrected chi connectivity index (χ4v) is 2.20. The largest absolute Gasteiger partial charge is 0.481 e. The summed E-state index contributed by atoms with van der Waals surface area (Å²) in [6.07, 6.45) is 0.593. The number of benzene rings is 2. The molecular formula is C18H20N4O3. The molecule has 0 saturated heterocycles. The van der Waals surface area contributed by atoms with Crippen LogP contribution >= 0.6 is 0 Å². The highest BCUT2D eigenvalue weighted by Gasteiger charge is 2.05. The van der Waals surface area contributed by atoms with Crippen molar-refractivity contribution in [2.45, 2.75) is 19.4 Å². The first kappa shape index (κ1) is 18.0. The zero-order valence-corrected chi connectivity index (χ0v) is 13.6. The van der Waals surface area contributed by atoms with Gasteiger partial charge in [-0.1, -0.05) is 24.3 Å². The van der Waals surface area contributed by atoms with Crippen LogP contribution < -0.4 is 16.8 Å². The number of aryl methyl sites for hydroxylation is 1. The molecule has 130 valence electrons. The number of aliphatic carboxylic acids is 1. The Kier molecular flexibility index (Phi) is 6.11. The SMILES string of the molecule is NC(N)=Nc1ccc(C(=O)NCc2ccc(CCC(=O)O)cc2)cc1. The van der Waals surface area contributed by atoms with Crippen molar-refractivity contribution in [3.63, 3.8) is 0 Å². The minimum absolute atomic E-state index is 0.0380. The number of rotatable bonds is 7. The molecule has 2 rings (SSSR count). The van der Waals surface area contributed by atoms with Crippen LogP contribution in [0, 0.1) is 0 Å². The van der Waals surface area contributed by atoms with Crippen molar-refractivity contribution in [2.24, 2.45) is 16.5 Å². The van der Waals surface area contributed by atoms with Crippen molar-refractivity contribution in [3.05, 3.63) is 65.2 Å². The number of hydrogen-bond donors (Lipinski definition) is 4. The number of amides is 1. The second kappa shape index (κ2) is 8.49. The molecule has 0 saturated carbocycles. The maximum absolute atomic E-state index is 12.1. The van der Waals surface area contributed by atoms with Crippen LogP contribution in [0.3, 0.4) is 0 Å². The lowest BCUT2D eigenvalue weighted by atomic mass is 10.1. The number of guanidine groups is 1. The Labute approximate surface area is 145 Å². The molecule has 7 nitrogen and oxygen atoms in total. The predicted octanol–water partition coefficient (Wildman–Crippen LogP) is 1.54. The molecule has 0 spiro atoms. The highest BCUT2D eigenvalue weighted by molar-refractivity contribution is 5.94. The molecule has 0 aliphatic heterocycles. The fourth-order valence-electron chi connectivity index (χ4n) is 2.20. The fraction of sp³-hybridized carbons (Fsp3) is 0.167. The lowest BCUT2D eigenvalue weighted by molar-refractivity contribution is -0.136. The van der Waals surface area contributed by atoms with E-state index in [1.165, 1.54) is 0 Å². The van der Waals surface area contributed by atoms with Crippen molar-refractivity contribution >= 4 is 23.5 Å². The smallest absolute Gasteiger partial charge is 0.303 e. The topological polar surface area (TPSA) is 131 Å². The van der Waals surface area contributed by atoms with Crippen LogP contribution in [0.4, 0.5) is 5.69 Å². The van der Waals surface area contributed by atoms with Crippen molar-refractivity contribution < 1.29 is 14.7 Å². The van der Waals surface area contributed by atoms with Gasteiger partial charge in [-0.25, -0.2) is 4.99 Å². The molecular weight excluding hydrogens is 320 g/mol. The Morgan fingerprint density at radius 1 is 0.960 bits per heavy atom. The van der Waals surface area contributed by atoms with E-state index in [0.717, 1.165) is 11.1 Å². The first-order valence-electron chi connectivity index (χ1n) is 7.71. The van der Waals surface area contributed by atoms with Gasteiger partial charge in [0.05, 0.1) is 5.69 Å². The van der Waals surface area contributed by atoms with Crippen LogP contribution in [0.25, 0.3) is 0 Å². The van der Waals surface area contributed by atoms with Crippen LogP contribution in [0.5, 0.6) is 0 Å². The molecule has 2 aromatic rings. The first-order chi connectivity index (χ1) is 11.9. The summed E-state index contributed by atoms with van der Waals surface area (Å²) in [6, 6.07) is 14.1. The zero-order valence-electron chi connectivity index (χ0n) is 13.6. The van der Waals surface area contributed by atoms with Gasteiger partial charge in [0.15, 0.2) is 5.96 Å². The maximum Gasteiger partial charge on any atom is 0.303 e. The molecule has 0 fully saturated rings. The third kappa shape index (κ3) is 5.98. The lowest BCUT2D eigenvalue weighted by Crippen LogP contribution is -2.23. The first-order valence-corrected chi connectivity index (χ1v) is 7.71. The van der Waals surface area contributed by atoms with Crippen molar-refractivity contribution in [2.75, 3.05) is 0 Å². The minimum Gasteiger partial charge on any atom is -0.481 e. The van der Waals surface area contributed by atoms with E-state index in [1.54, 1.807) is 24.3 Å². The quantitative estimate of drug-likeness (QED) is 0.448. The number of aliphatic imine (C=N–C) groups is 1. The van der Waals surface area contributed by atoms with Crippen molar-refractivity contribution in [1.82, 2.24) is 5.32 Å². The van der Waals surface area contributed by atoms with Gasteiger partial charge in [-0.2, -0.15) is 0 Å². The Morgan fingerprint density at radius 2 is 1.56 bits per heavy atom. The Balaban J connectivity index is 1.89. The van der Waals surface area contributed by atoms with Gasteiger partial charge >= 0.3 is 5.97 Å². The van der Waals surface area contributed by atoms with Crippen molar-refractivity contribution in [3.8, 4) is 0 Å². The number of nitrogens with zero attached hydrogens (tertiary/aromatic N) is 1. The van der Waals surface area contributed by atoms with Crippen LogP contribution in [-0.2, 0) is 17.8 Å². The average molecular weight is 340 g/mol. The van der Waals surface area contributed by atoms with E-state index in [1.807, 2.05) is 24.3 Å². The van der Waals surface area contributed by atoms with Gasteiger partial charge in [-0.05, 0) is 41.8 Å². The maximum atomic E-state index is 12.1. The monoisotopic (exact) mass is 340 g/mol. The zero-order chi connectivity index (χ0) is 18.2. The third-order valence-corrected chi connectivity index (χ3v) is 3.49. The van der Waals surface area contributed by atoms with Crippen molar-refractivity contribution in [1.29, 1.82) is 0 Å². The summed E-state index contributed by atoms with van der Waals surface area (Å²) >= 11 is 0. The summed E-state index contributed by atoms with van der Waals surface area (Å²) in [5, 5.41) is 11.5. The van der Waals surface area contributed by atoms with Crippen LogP contribution in [-0.4, -0.2) is 22.9 Å². The predicted molar refractivity (Wildman–Crippen MR) is 95.5 cm³/mol. The van der Waals surface area contributed by atoms with E-state index in [4.69, 9.17) is 16.6 Å².